The molecule has 0 aliphatic rings. The molecule has 22 heteroatoms. The average Bonchev–Trinajstić information content (AvgIpc) is 2.69. The van der Waals surface area contributed by atoms with Crippen LogP contribution < -0.4 is 112 Å². The maximum Gasteiger partial charge on any atom is 2.00 e. The maximum absolute atomic E-state index is 9.34. The number of carboxylic acids is 6. The topological polar surface area (TPSA) is 362 Å². The van der Waals surface area contributed by atoms with Crippen LogP contribution in [0.25, 0.3) is 0 Å². The van der Waals surface area contributed by atoms with Gasteiger partial charge in [0.2, 0.25) is 0 Å². The summed E-state index contributed by atoms with van der Waals surface area (Å²) in [6.45, 7) is 6.81. The van der Waals surface area contributed by atoms with Gasteiger partial charge < -0.3 is 90.0 Å². The Bertz CT molecular complexity index is 509. The number of aliphatic carboxylic acids is 6. The van der Waals surface area contributed by atoms with Crippen molar-refractivity contribution in [3.63, 3.8) is 0 Å². The third kappa shape index (κ3) is 90.1. The minimum atomic E-state index is -1.44. The third-order valence-corrected chi connectivity index (χ3v) is 2.05. The van der Waals surface area contributed by atoms with Crippen LogP contribution in [0.4, 0.5) is 0 Å². The zero-order valence-corrected chi connectivity index (χ0v) is 32.2. The number of aliphatic hydroxyl groups excluding tert-OH is 6. The Kier molecular flexibility index (Phi) is 76.4. The second kappa shape index (κ2) is 44.7. The van der Waals surface area contributed by atoms with Crippen molar-refractivity contribution in [3.8, 4) is 0 Å². The van der Waals surface area contributed by atoms with Gasteiger partial charge in [-0.2, -0.15) is 0 Å². The molecule has 0 rings (SSSR count). The molecule has 0 aromatic carbocycles. The van der Waals surface area contributed by atoms with Gasteiger partial charge in [-0.3, -0.25) is 0 Å². The molecule has 18 nitrogen and oxygen atoms in total. The van der Waals surface area contributed by atoms with E-state index in [-0.39, 0.29) is 142 Å². The molecule has 216 valence electrons. The number of carboxylic acid groups (broad SMARTS) is 6. The van der Waals surface area contributed by atoms with Crippen LogP contribution in [-0.2, 0) is 28.8 Å². The minimum absolute atomic E-state index is 0. The molecule has 6 unspecified atom stereocenters. The molecular formula is C18H30CaKMgNaO18. The summed E-state index contributed by atoms with van der Waals surface area (Å²) in [5.74, 6) is -8.61. The van der Waals surface area contributed by atoms with E-state index in [1.165, 1.54) is 0 Å². The summed E-state index contributed by atoms with van der Waals surface area (Å²) in [6, 6.07) is 0. The Morgan fingerprint density at radius 3 is 0.425 bits per heavy atom. The van der Waals surface area contributed by atoms with Gasteiger partial charge in [0.05, 0.1) is 72.4 Å². The van der Waals surface area contributed by atoms with Crippen molar-refractivity contribution in [3.05, 3.63) is 0 Å². The summed E-state index contributed by atoms with van der Waals surface area (Å²) >= 11 is 0. The van der Waals surface area contributed by atoms with Crippen molar-refractivity contribution >= 4 is 96.6 Å². The fourth-order valence-corrected chi connectivity index (χ4v) is 0. The largest absolute Gasteiger partial charge is 2.00 e. The SMILES string of the molecule is CC(O)C(=O)[O-].CC(O)C(=O)[O-].CC(O)C(=O)[O-].CC(O)C(=O)[O-].CC(O)C(=O)[O-].CC(O)C(=O)[O-].[Ca+2].[K+].[Mg+2].[Na+]. The van der Waals surface area contributed by atoms with Crippen LogP contribution in [0.3, 0.4) is 0 Å². The van der Waals surface area contributed by atoms with Crippen molar-refractivity contribution in [1.82, 2.24) is 0 Å². The van der Waals surface area contributed by atoms with Gasteiger partial charge >= 0.3 is 142 Å². The molecule has 0 aliphatic heterocycles. The minimum Gasteiger partial charge on any atom is -0.547 e. The van der Waals surface area contributed by atoms with Gasteiger partial charge in [0.25, 0.3) is 0 Å². The van der Waals surface area contributed by atoms with Crippen LogP contribution in [0.2, 0.25) is 0 Å². The molecule has 0 aromatic heterocycles. The van der Waals surface area contributed by atoms with E-state index in [9.17, 15) is 59.4 Å². The first-order valence-corrected chi connectivity index (χ1v) is 9.19. The molecule has 40 heavy (non-hydrogen) atoms. The first kappa shape index (κ1) is 68.4. The molecule has 0 heterocycles. The number of rotatable bonds is 6. The molecule has 0 bridgehead atoms. The van der Waals surface area contributed by atoms with Crippen molar-refractivity contribution in [1.29, 1.82) is 0 Å². The van der Waals surface area contributed by atoms with Crippen LogP contribution in [0.1, 0.15) is 41.5 Å². The summed E-state index contributed by atoms with van der Waals surface area (Å²) in [6.07, 6.45) is -8.06. The van der Waals surface area contributed by atoms with Crippen LogP contribution >= 0.6 is 0 Å². The summed E-state index contributed by atoms with van der Waals surface area (Å²) in [7, 11) is 0. The quantitative estimate of drug-likeness (QED) is 0.144. The Hall–Kier alpha value is 1.24. The zero-order valence-electron chi connectivity index (χ0n) is 23.5. The van der Waals surface area contributed by atoms with Crippen molar-refractivity contribution in [2.24, 2.45) is 0 Å². The Balaban J connectivity index is -0.0000000331. The number of aliphatic hydroxyl groups is 6. The van der Waals surface area contributed by atoms with E-state index in [2.05, 4.69) is 0 Å². The van der Waals surface area contributed by atoms with E-state index in [1.54, 1.807) is 0 Å². The van der Waals surface area contributed by atoms with Crippen LogP contribution in [0, 0.1) is 0 Å². The molecule has 6 N–H and O–H groups in total. The van der Waals surface area contributed by atoms with E-state index < -0.39 is 72.4 Å². The fraction of sp³-hybridized carbons (Fsp3) is 0.667. The molecule has 0 aromatic rings. The molecule has 0 spiro atoms. The van der Waals surface area contributed by atoms with Gasteiger partial charge in [-0.15, -0.1) is 0 Å². The normalized spacial score (nSPS) is 12.3. The zero-order chi connectivity index (χ0) is 30.9. The molecule has 0 radical (unpaired) electrons. The third-order valence-electron chi connectivity index (χ3n) is 2.05. The fourth-order valence-electron chi connectivity index (χ4n) is 0. The first-order valence-electron chi connectivity index (χ1n) is 9.19. The van der Waals surface area contributed by atoms with E-state index in [1.807, 2.05) is 0 Å². The van der Waals surface area contributed by atoms with E-state index in [4.69, 9.17) is 30.6 Å². The van der Waals surface area contributed by atoms with Gasteiger partial charge in [0.1, 0.15) is 0 Å². The summed E-state index contributed by atoms with van der Waals surface area (Å²) in [5.41, 5.74) is 0. The van der Waals surface area contributed by atoms with Crippen molar-refractivity contribution in [2.45, 2.75) is 78.2 Å². The standard InChI is InChI=1S/6C3H6O3.Ca.K.Mg.Na/c6*1-2(4)3(5)6;;;;/h6*2,4H,1H3,(H,5,6);;;;/q;;;;;;+2;+1;+2;+1/p-6. The van der Waals surface area contributed by atoms with E-state index in [0.29, 0.717) is 0 Å². The maximum atomic E-state index is 9.34. The smallest absolute Gasteiger partial charge is 0.547 e. The van der Waals surface area contributed by atoms with Gasteiger partial charge in [-0.05, 0) is 41.5 Å². The van der Waals surface area contributed by atoms with Crippen LogP contribution in [0.5, 0.6) is 0 Å². The molecule has 0 amide bonds. The average molecular weight is 661 g/mol. The van der Waals surface area contributed by atoms with Crippen LogP contribution in [0.15, 0.2) is 0 Å². The predicted octanol–water partition coefficient (Wildman–Crippen LogP) is -18.1. The van der Waals surface area contributed by atoms with Gasteiger partial charge in [-0.1, -0.05) is 0 Å². The van der Waals surface area contributed by atoms with Gasteiger partial charge in [-0.25, -0.2) is 0 Å². The predicted molar refractivity (Wildman–Crippen MR) is 112 cm³/mol. The second-order valence-corrected chi connectivity index (χ2v) is 5.97. The number of hydrogen-bond acceptors (Lipinski definition) is 18. The Morgan fingerprint density at radius 2 is 0.425 bits per heavy atom. The van der Waals surface area contributed by atoms with Gasteiger partial charge in [0.15, 0.2) is 0 Å². The monoisotopic (exact) mass is 660 g/mol. The Labute approximate surface area is 340 Å². The summed E-state index contributed by atoms with van der Waals surface area (Å²) < 4.78 is 0. The van der Waals surface area contributed by atoms with Crippen molar-refractivity contribution in [2.75, 3.05) is 0 Å². The number of carbonyl (C=O) groups excluding carboxylic acids is 6. The van der Waals surface area contributed by atoms with Gasteiger partial charge in [0, 0.05) is 0 Å². The molecular weight excluding hydrogens is 631 g/mol. The van der Waals surface area contributed by atoms with Crippen molar-refractivity contribution < 1.29 is 171 Å². The van der Waals surface area contributed by atoms with E-state index in [0.717, 1.165) is 41.5 Å². The molecule has 0 saturated carbocycles. The number of hydrogen-bond donors (Lipinski definition) is 6. The number of carbonyl (C=O) groups is 6. The Morgan fingerprint density at radius 1 is 0.400 bits per heavy atom. The van der Waals surface area contributed by atoms with Crippen LogP contribution in [-0.4, -0.2) is 164 Å². The molecule has 0 saturated heterocycles. The molecule has 0 fully saturated rings. The van der Waals surface area contributed by atoms with E-state index >= 15 is 0 Å². The summed E-state index contributed by atoms with van der Waals surface area (Å²) in [5, 5.41) is 104. The molecule has 0 aliphatic carbocycles. The first-order chi connectivity index (χ1) is 15.9. The second-order valence-electron chi connectivity index (χ2n) is 5.97. The summed E-state index contributed by atoms with van der Waals surface area (Å²) in [4.78, 5) is 56.0. The molecule has 6 atom stereocenters.